The minimum absolute atomic E-state index is 0.0289. The largest absolute Gasteiger partial charge is 0.492 e. The number of benzene rings is 1. The van der Waals surface area contributed by atoms with Crippen molar-refractivity contribution in [3.8, 4) is 5.75 Å². The van der Waals surface area contributed by atoms with Crippen LogP contribution in [0.15, 0.2) is 18.2 Å². The number of hydrogen-bond donors (Lipinski definition) is 1. The average molecular weight is 272 g/mol. The first-order valence-corrected chi connectivity index (χ1v) is 7.79. The quantitative estimate of drug-likeness (QED) is 0.858. The van der Waals surface area contributed by atoms with Crippen molar-refractivity contribution in [2.45, 2.75) is 26.9 Å². The van der Waals surface area contributed by atoms with E-state index in [9.17, 15) is 13.5 Å². The molecule has 0 aliphatic rings. The van der Waals surface area contributed by atoms with Gasteiger partial charge in [-0.05, 0) is 37.1 Å². The Kier molecular flexibility index (Phi) is 5.16. The Morgan fingerprint density at radius 1 is 1.39 bits per heavy atom. The Bertz CT molecular complexity index is 492. The van der Waals surface area contributed by atoms with E-state index in [-0.39, 0.29) is 18.1 Å². The number of sulfone groups is 1. The van der Waals surface area contributed by atoms with Crippen LogP contribution in [0.4, 0.5) is 0 Å². The lowest BCUT2D eigenvalue weighted by molar-refractivity contribution is 0.199. The van der Waals surface area contributed by atoms with E-state index in [1.54, 1.807) is 26.0 Å². The van der Waals surface area contributed by atoms with Crippen molar-refractivity contribution < 1.29 is 18.3 Å². The van der Waals surface area contributed by atoms with Gasteiger partial charge in [0.2, 0.25) is 0 Å². The molecule has 0 aromatic heterocycles. The number of aliphatic hydroxyl groups excluding tert-OH is 1. The average Bonchev–Trinajstić information content (AvgIpc) is 2.31. The van der Waals surface area contributed by atoms with E-state index in [0.717, 1.165) is 11.1 Å². The molecule has 1 aromatic carbocycles. The minimum Gasteiger partial charge on any atom is -0.492 e. The van der Waals surface area contributed by atoms with Gasteiger partial charge >= 0.3 is 0 Å². The number of aryl methyl sites for hydroxylation is 1. The zero-order valence-electron chi connectivity index (χ0n) is 11.0. The standard InChI is InChI=1S/C13H20O4S/c1-4-18(15,16)8-7-17-13-6-5-12(11(3)14)9-10(13)2/h5-6,9,11,14H,4,7-8H2,1-3H3/t11-/m0/s1. The van der Waals surface area contributed by atoms with Crippen LogP contribution < -0.4 is 4.74 Å². The lowest BCUT2D eigenvalue weighted by Crippen LogP contribution is -2.15. The summed E-state index contributed by atoms with van der Waals surface area (Å²) in [5.74, 6) is 0.822. The fourth-order valence-corrected chi connectivity index (χ4v) is 2.14. The molecule has 0 radical (unpaired) electrons. The second-order valence-corrected chi connectivity index (χ2v) is 6.76. The van der Waals surface area contributed by atoms with Crippen LogP contribution in [-0.4, -0.2) is 31.6 Å². The summed E-state index contributed by atoms with van der Waals surface area (Å²) < 4.78 is 28.1. The molecule has 0 aliphatic heterocycles. The zero-order valence-corrected chi connectivity index (χ0v) is 11.8. The molecule has 102 valence electrons. The SMILES string of the molecule is CCS(=O)(=O)CCOc1ccc([C@H](C)O)cc1C. The van der Waals surface area contributed by atoms with Crippen molar-refractivity contribution in [2.75, 3.05) is 18.1 Å². The van der Waals surface area contributed by atoms with Gasteiger partial charge in [0.25, 0.3) is 0 Å². The van der Waals surface area contributed by atoms with Gasteiger partial charge < -0.3 is 9.84 Å². The van der Waals surface area contributed by atoms with Crippen molar-refractivity contribution in [2.24, 2.45) is 0 Å². The second kappa shape index (κ2) is 6.20. The molecule has 1 N–H and O–H groups in total. The third-order valence-corrected chi connectivity index (χ3v) is 4.44. The number of aliphatic hydroxyl groups is 1. The van der Waals surface area contributed by atoms with E-state index >= 15 is 0 Å². The number of hydrogen-bond acceptors (Lipinski definition) is 4. The van der Waals surface area contributed by atoms with Crippen LogP contribution in [0, 0.1) is 6.92 Å². The Hall–Kier alpha value is -1.07. The van der Waals surface area contributed by atoms with Crippen LogP contribution in [0.25, 0.3) is 0 Å². The summed E-state index contributed by atoms with van der Waals surface area (Å²) in [7, 11) is -2.99. The first-order valence-electron chi connectivity index (χ1n) is 5.97. The molecular formula is C13H20O4S. The second-order valence-electron chi connectivity index (χ2n) is 4.29. The molecule has 0 fully saturated rings. The number of rotatable bonds is 6. The van der Waals surface area contributed by atoms with Crippen molar-refractivity contribution in [1.82, 2.24) is 0 Å². The first-order chi connectivity index (χ1) is 8.35. The van der Waals surface area contributed by atoms with Gasteiger partial charge in [-0.25, -0.2) is 8.42 Å². The first kappa shape index (κ1) is 15.0. The van der Waals surface area contributed by atoms with Crippen molar-refractivity contribution in [3.05, 3.63) is 29.3 Å². The minimum atomic E-state index is -2.99. The van der Waals surface area contributed by atoms with Gasteiger partial charge in [0.05, 0.1) is 11.9 Å². The summed E-state index contributed by atoms with van der Waals surface area (Å²) in [5.41, 5.74) is 1.71. The van der Waals surface area contributed by atoms with E-state index in [1.165, 1.54) is 0 Å². The molecule has 0 aliphatic carbocycles. The molecule has 1 aromatic rings. The maximum atomic E-state index is 11.3. The van der Waals surface area contributed by atoms with Crippen LogP contribution in [0.3, 0.4) is 0 Å². The maximum Gasteiger partial charge on any atom is 0.153 e. The van der Waals surface area contributed by atoms with Crippen molar-refractivity contribution >= 4 is 9.84 Å². The van der Waals surface area contributed by atoms with E-state index in [4.69, 9.17) is 4.74 Å². The van der Waals surface area contributed by atoms with E-state index in [2.05, 4.69) is 0 Å². The van der Waals surface area contributed by atoms with Gasteiger partial charge in [-0.3, -0.25) is 0 Å². The van der Waals surface area contributed by atoms with Crippen LogP contribution in [0.1, 0.15) is 31.1 Å². The maximum absolute atomic E-state index is 11.3. The molecule has 0 saturated heterocycles. The van der Waals surface area contributed by atoms with E-state index < -0.39 is 15.9 Å². The van der Waals surface area contributed by atoms with Crippen LogP contribution >= 0.6 is 0 Å². The predicted octanol–water partition coefficient (Wildman–Crippen LogP) is 1.86. The Morgan fingerprint density at radius 3 is 2.56 bits per heavy atom. The Balaban J connectivity index is 2.64. The Labute approximate surface area is 109 Å². The lowest BCUT2D eigenvalue weighted by Gasteiger charge is -2.11. The molecule has 1 atom stereocenters. The predicted molar refractivity (Wildman–Crippen MR) is 71.6 cm³/mol. The lowest BCUT2D eigenvalue weighted by atomic mass is 10.1. The van der Waals surface area contributed by atoms with Crippen LogP contribution in [0.2, 0.25) is 0 Å². The van der Waals surface area contributed by atoms with Crippen molar-refractivity contribution in [3.63, 3.8) is 0 Å². The molecule has 18 heavy (non-hydrogen) atoms. The summed E-state index contributed by atoms with van der Waals surface area (Å²) in [5, 5.41) is 9.43. The summed E-state index contributed by atoms with van der Waals surface area (Å²) in [6, 6.07) is 5.38. The van der Waals surface area contributed by atoms with Gasteiger partial charge in [0.15, 0.2) is 9.84 Å². The third-order valence-electron chi connectivity index (χ3n) is 2.77. The fourth-order valence-electron chi connectivity index (χ4n) is 1.52. The van der Waals surface area contributed by atoms with Gasteiger partial charge in [-0.2, -0.15) is 0 Å². The van der Waals surface area contributed by atoms with E-state index in [0.29, 0.717) is 5.75 Å². The van der Waals surface area contributed by atoms with Gasteiger partial charge in [-0.1, -0.05) is 13.0 Å². The molecule has 0 amide bonds. The van der Waals surface area contributed by atoms with Gasteiger partial charge in [-0.15, -0.1) is 0 Å². The van der Waals surface area contributed by atoms with Gasteiger partial charge in [0.1, 0.15) is 12.4 Å². The van der Waals surface area contributed by atoms with E-state index in [1.807, 2.05) is 13.0 Å². The molecule has 1 rings (SSSR count). The molecule has 0 saturated carbocycles. The molecule has 0 unspecified atom stereocenters. The fraction of sp³-hybridized carbons (Fsp3) is 0.538. The summed E-state index contributed by atoms with van der Waals surface area (Å²) >= 11 is 0. The third kappa shape index (κ3) is 4.31. The summed E-state index contributed by atoms with van der Waals surface area (Å²) in [6.07, 6.45) is -0.516. The normalized spacial score (nSPS) is 13.3. The summed E-state index contributed by atoms with van der Waals surface area (Å²) in [6.45, 7) is 5.35. The van der Waals surface area contributed by atoms with Crippen LogP contribution in [0.5, 0.6) is 5.75 Å². The van der Waals surface area contributed by atoms with Crippen molar-refractivity contribution in [1.29, 1.82) is 0 Å². The molecule has 0 bridgehead atoms. The molecule has 0 spiro atoms. The monoisotopic (exact) mass is 272 g/mol. The summed E-state index contributed by atoms with van der Waals surface area (Å²) in [4.78, 5) is 0. The zero-order chi connectivity index (χ0) is 13.8. The molecule has 4 nitrogen and oxygen atoms in total. The smallest absolute Gasteiger partial charge is 0.153 e. The molecule has 5 heteroatoms. The van der Waals surface area contributed by atoms with Gasteiger partial charge in [0, 0.05) is 5.75 Å². The Morgan fingerprint density at radius 2 is 2.06 bits per heavy atom. The molecular weight excluding hydrogens is 252 g/mol. The molecule has 0 heterocycles. The highest BCUT2D eigenvalue weighted by molar-refractivity contribution is 7.91. The van der Waals surface area contributed by atoms with Crippen LogP contribution in [-0.2, 0) is 9.84 Å². The highest BCUT2D eigenvalue weighted by Crippen LogP contribution is 2.22. The topological polar surface area (TPSA) is 63.6 Å². The number of ether oxygens (including phenoxy) is 1. The highest BCUT2D eigenvalue weighted by atomic mass is 32.2. The highest BCUT2D eigenvalue weighted by Gasteiger charge is 2.09.